The molecule has 29 heavy (non-hydrogen) atoms. The predicted molar refractivity (Wildman–Crippen MR) is 113 cm³/mol. The van der Waals surface area contributed by atoms with Crippen LogP contribution in [0.3, 0.4) is 0 Å². The summed E-state index contributed by atoms with van der Waals surface area (Å²) in [5, 5.41) is 0. The Balaban J connectivity index is 1.70. The zero-order chi connectivity index (χ0) is 20.8. The van der Waals surface area contributed by atoms with Gasteiger partial charge in [-0.05, 0) is 55.9 Å². The fourth-order valence-electron chi connectivity index (χ4n) is 4.04. The molecule has 156 valence electrons. The monoisotopic (exact) mass is 397 g/mol. The molecule has 1 aromatic heterocycles. The summed E-state index contributed by atoms with van der Waals surface area (Å²) in [6, 6.07) is 7.94. The normalized spacial score (nSPS) is 15.8. The van der Waals surface area contributed by atoms with E-state index in [1.807, 2.05) is 38.1 Å². The standard InChI is InChI=1S/C24H31NO4/c1-4-6-7-8-13-29-24(27)23-16(3)22-20(25-23)14-18(15-21(22)26)17-9-11-19(12-10-17)28-5-2/h9-12,18,25H,4-8,13-15H2,1-3H3/t18-/m0/s1. The van der Waals surface area contributed by atoms with Gasteiger partial charge in [0.1, 0.15) is 11.4 Å². The Morgan fingerprint density at radius 2 is 1.86 bits per heavy atom. The lowest BCUT2D eigenvalue weighted by Gasteiger charge is -2.22. The van der Waals surface area contributed by atoms with Crippen molar-refractivity contribution in [2.24, 2.45) is 0 Å². The number of ketones is 1. The lowest BCUT2D eigenvalue weighted by atomic mass is 9.81. The van der Waals surface area contributed by atoms with Crippen molar-refractivity contribution in [3.63, 3.8) is 0 Å². The van der Waals surface area contributed by atoms with E-state index in [9.17, 15) is 9.59 Å². The molecule has 1 N–H and O–H groups in total. The Hall–Kier alpha value is -2.56. The second kappa shape index (κ2) is 9.77. The number of aromatic amines is 1. The number of carbonyl (C=O) groups is 2. The molecule has 0 bridgehead atoms. The van der Waals surface area contributed by atoms with Gasteiger partial charge in [0.05, 0.1) is 13.2 Å². The molecule has 0 saturated carbocycles. The van der Waals surface area contributed by atoms with Gasteiger partial charge in [-0.3, -0.25) is 4.79 Å². The Labute approximate surface area is 172 Å². The molecule has 0 saturated heterocycles. The van der Waals surface area contributed by atoms with Crippen molar-refractivity contribution in [3.8, 4) is 5.75 Å². The van der Waals surface area contributed by atoms with Crippen molar-refractivity contribution in [2.45, 2.75) is 65.2 Å². The number of rotatable bonds is 9. The zero-order valence-electron chi connectivity index (χ0n) is 17.7. The molecule has 1 atom stereocenters. The maximum atomic E-state index is 12.8. The van der Waals surface area contributed by atoms with Crippen LogP contribution in [0.4, 0.5) is 0 Å². The van der Waals surface area contributed by atoms with Gasteiger partial charge >= 0.3 is 5.97 Å². The zero-order valence-corrected chi connectivity index (χ0v) is 17.7. The number of H-pyrrole nitrogens is 1. The minimum atomic E-state index is -0.362. The molecule has 0 amide bonds. The molecule has 0 unspecified atom stereocenters. The quantitative estimate of drug-likeness (QED) is 0.456. The largest absolute Gasteiger partial charge is 0.494 e. The van der Waals surface area contributed by atoms with E-state index in [0.717, 1.165) is 42.7 Å². The third-order valence-electron chi connectivity index (χ3n) is 5.59. The maximum Gasteiger partial charge on any atom is 0.355 e. The number of carbonyl (C=O) groups excluding carboxylic acids is 2. The van der Waals surface area contributed by atoms with Crippen LogP contribution in [0.25, 0.3) is 0 Å². The van der Waals surface area contributed by atoms with Crippen LogP contribution in [0.2, 0.25) is 0 Å². The molecular formula is C24H31NO4. The van der Waals surface area contributed by atoms with Crippen molar-refractivity contribution in [1.29, 1.82) is 0 Å². The van der Waals surface area contributed by atoms with E-state index in [4.69, 9.17) is 9.47 Å². The van der Waals surface area contributed by atoms with Gasteiger partial charge in [0.2, 0.25) is 0 Å². The molecule has 1 aliphatic rings. The molecule has 1 aliphatic carbocycles. The highest BCUT2D eigenvalue weighted by atomic mass is 16.5. The van der Waals surface area contributed by atoms with E-state index in [2.05, 4.69) is 11.9 Å². The van der Waals surface area contributed by atoms with Crippen molar-refractivity contribution < 1.29 is 19.1 Å². The highest BCUT2D eigenvalue weighted by Crippen LogP contribution is 2.35. The summed E-state index contributed by atoms with van der Waals surface area (Å²) in [6.07, 6.45) is 5.39. The summed E-state index contributed by atoms with van der Waals surface area (Å²) >= 11 is 0. The molecule has 5 heteroatoms. The Bertz CT molecular complexity index is 851. The highest BCUT2D eigenvalue weighted by molar-refractivity contribution is 6.03. The van der Waals surface area contributed by atoms with Gasteiger partial charge < -0.3 is 14.5 Å². The molecule has 0 spiro atoms. The van der Waals surface area contributed by atoms with Crippen molar-refractivity contribution >= 4 is 11.8 Å². The maximum absolute atomic E-state index is 12.8. The molecule has 1 heterocycles. The summed E-state index contributed by atoms with van der Waals surface area (Å²) in [6.45, 7) is 6.99. The predicted octanol–water partition coefficient (Wildman–Crippen LogP) is 5.37. The smallest absolute Gasteiger partial charge is 0.355 e. The van der Waals surface area contributed by atoms with Gasteiger partial charge in [0, 0.05) is 17.7 Å². The first-order chi connectivity index (χ1) is 14.0. The number of aromatic nitrogens is 1. The van der Waals surface area contributed by atoms with Crippen LogP contribution in [0.1, 0.15) is 89.5 Å². The second-order valence-electron chi connectivity index (χ2n) is 7.71. The Kier molecular flexibility index (Phi) is 7.13. The van der Waals surface area contributed by atoms with Crippen LogP contribution in [0.5, 0.6) is 5.75 Å². The molecule has 0 fully saturated rings. The first kappa shape index (κ1) is 21.2. The van der Waals surface area contributed by atoms with Crippen LogP contribution in [0.15, 0.2) is 24.3 Å². The number of hydrogen-bond donors (Lipinski definition) is 1. The first-order valence-electron chi connectivity index (χ1n) is 10.7. The summed E-state index contributed by atoms with van der Waals surface area (Å²) < 4.78 is 10.9. The fraction of sp³-hybridized carbons (Fsp3) is 0.500. The average Bonchev–Trinajstić information content (AvgIpc) is 3.05. The topological polar surface area (TPSA) is 68.4 Å². The number of fused-ring (bicyclic) bond motifs is 1. The molecule has 0 aliphatic heterocycles. The fourth-order valence-corrected chi connectivity index (χ4v) is 4.04. The van der Waals surface area contributed by atoms with E-state index in [1.165, 1.54) is 0 Å². The number of nitrogens with one attached hydrogen (secondary N) is 1. The van der Waals surface area contributed by atoms with Gasteiger partial charge in [-0.1, -0.05) is 38.3 Å². The SMILES string of the molecule is CCCCCCOC(=O)c1[nH]c2c(c1C)C(=O)C[C@@H](c1ccc(OCC)cc1)C2. The number of ether oxygens (including phenoxy) is 2. The lowest BCUT2D eigenvalue weighted by Crippen LogP contribution is -2.18. The summed E-state index contributed by atoms with van der Waals surface area (Å²) in [7, 11) is 0. The van der Waals surface area contributed by atoms with E-state index < -0.39 is 0 Å². The van der Waals surface area contributed by atoms with Gasteiger partial charge in [0.25, 0.3) is 0 Å². The van der Waals surface area contributed by atoms with Crippen molar-refractivity contribution in [2.75, 3.05) is 13.2 Å². The van der Waals surface area contributed by atoms with Crippen molar-refractivity contribution in [1.82, 2.24) is 4.98 Å². The number of hydrogen-bond acceptors (Lipinski definition) is 4. The molecular weight excluding hydrogens is 366 g/mol. The highest BCUT2D eigenvalue weighted by Gasteiger charge is 2.32. The molecule has 2 aromatic rings. The average molecular weight is 398 g/mol. The minimum absolute atomic E-state index is 0.0841. The van der Waals surface area contributed by atoms with Gasteiger partial charge in [0.15, 0.2) is 5.78 Å². The van der Waals surface area contributed by atoms with Crippen LogP contribution < -0.4 is 4.74 Å². The summed E-state index contributed by atoms with van der Waals surface area (Å²) in [5.41, 5.74) is 3.76. The first-order valence-corrected chi connectivity index (χ1v) is 10.7. The van der Waals surface area contributed by atoms with E-state index in [0.29, 0.717) is 42.9 Å². The van der Waals surface area contributed by atoms with Crippen LogP contribution in [0, 0.1) is 6.92 Å². The Morgan fingerprint density at radius 1 is 1.10 bits per heavy atom. The second-order valence-corrected chi connectivity index (χ2v) is 7.71. The van der Waals surface area contributed by atoms with Crippen LogP contribution >= 0.6 is 0 Å². The summed E-state index contributed by atoms with van der Waals surface area (Å²) in [4.78, 5) is 28.5. The molecule has 0 radical (unpaired) electrons. The third-order valence-corrected chi connectivity index (χ3v) is 5.59. The molecule has 3 rings (SSSR count). The van der Waals surface area contributed by atoms with Gasteiger partial charge in [-0.25, -0.2) is 4.79 Å². The van der Waals surface area contributed by atoms with Crippen molar-refractivity contribution in [3.05, 3.63) is 52.3 Å². The minimum Gasteiger partial charge on any atom is -0.494 e. The van der Waals surface area contributed by atoms with Gasteiger partial charge in [-0.15, -0.1) is 0 Å². The van der Waals surface area contributed by atoms with E-state index >= 15 is 0 Å². The van der Waals surface area contributed by atoms with Crippen LogP contribution in [-0.4, -0.2) is 30.0 Å². The number of benzene rings is 1. The summed E-state index contributed by atoms with van der Waals surface area (Å²) in [5.74, 6) is 0.653. The number of esters is 1. The van der Waals surface area contributed by atoms with Crippen LogP contribution in [-0.2, 0) is 11.2 Å². The number of Topliss-reactive ketones (excluding diaryl/α,β-unsaturated/α-hetero) is 1. The Morgan fingerprint density at radius 3 is 2.55 bits per heavy atom. The third kappa shape index (κ3) is 4.89. The lowest BCUT2D eigenvalue weighted by molar-refractivity contribution is 0.0490. The molecule has 1 aromatic carbocycles. The van der Waals surface area contributed by atoms with E-state index in [1.54, 1.807) is 0 Å². The number of unbranched alkanes of at least 4 members (excludes halogenated alkanes) is 3. The molecule has 5 nitrogen and oxygen atoms in total. The van der Waals surface area contributed by atoms with Gasteiger partial charge in [-0.2, -0.15) is 0 Å². The van der Waals surface area contributed by atoms with E-state index in [-0.39, 0.29) is 17.7 Å².